The second-order valence-electron chi connectivity index (χ2n) is 6.02. The molecule has 0 saturated carbocycles. The first kappa shape index (κ1) is 18.6. The van der Waals surface area contributed by atoms with Crippen LogP contribution in [0.5, 0.6) is 11.5 Å². The molecule has 1 aromatic carbocycles. The first-order valence-corrected chi connectivity index (χ1v) is 8.39. The van der Waals surface area contributed by atoms with Crippen LogP contribution >= 0.6 is 11.6 Å². The SMILES string of the molecule is COc1ccc(C=CC(=O)N(C)C2CCN(C)CC2)c(Cl)c1OC. The summed E-state index contributed by atoms with van der Waals surface area (Å²) in [6.07, 6.45) is 5.29. The van der Waals surface area contributed by atoms with E-state index in [0.717, 1.165) is 31.5 Å². The maximum Gasteiger partial charge on any atom is 0.246 e. The van der Waals surface area contributed by atoms with Crippen molar-refractivity contribution in [1.82, 2.24) is 9.80 Å². The van der Waals surface area contributed by atoms with Crippen LogP contribution in [0.1, 0.15) is 18.4 Å². The lowest BCUT2D eigenvalue weighted by molar-refractivity contribution is -0.127. The molecule has 1 heterocycles. The molecule has 0 N–H and O–H groups in total. The van der Waals surface area contributed by atoms with Gasteiger partial charge in [-0.1, -0.05) is 11.6 Å². The van der Waals surface area contributed by atoms with E-state index in [1.165, 1.54) is 7.11 Å². The lowest BCUT2D eigenvalue weighted by atomic mass is 10.0. The normalized spacial score (nSPS) is 16.4. The number of benzene rings is 1. The lowest BCUT2D eigenvalue weighted by Crippen LogP contribution is -2.43. The summed E-state index contributed by atoms with van der Waals surface area (Å²) < 4.78 is 10.5. The van der Waals surface area contributed by atoms with Crippen molar-refractivity contribution in [2.24, 2.45) is 0 Å². The summed E-state index contributed by atoms with van der Waals surface area (Å²) in [5, 5.41) is 0.433. The highest BCUT2D eigenvalue weighted by atomic mass is 35.5. The van der Waals surface area contributed by atoms with Gasteiger partial charge >= 0.3 is 0 Å². The Morgan fingerprint density at radius 1 is 1.29 bits per heavy atom. The van der Waals surface area contributed by atoms with Crippen molar-refractivity contribution in [1.29, 1.82) is 0 Å². The van der Waals surface area contributed by atoms with E-state index < -0.39 is 0 Å². The minimum absolute atomic E-state index is 0.0181. The Balaban J connectivity index is 2.08. The van der Waals surface area contributed by atoms with Gasteiger partial charge in [0.15, 0.2) is 11.5 Å². The van der Waals surface area contributed by atoms with Gasteiger partial charge in [0.25, 0.3) is 0 Å². The zero-order valence-corrected chi connectivity index (χ0v) is 15.5. The molecule has 1 saturated heterocycles. The molecule has 1 amide bonds. The molecule has 1 aromatic rings. The van der Waals surface area contributed by atoms with E-state index in [0.29, 0.717) is 22.6 Å². The summed E-state index contributed by atoms with van der Waals surface area (Å²) in [5.74, 6) is 1.02. The molecule has 1 aliphatic heterocycles. The third kappa shape index (κ3) is 4.22. The van der Waals surface area contributed by atoms with Crippen molar-refractivity contribution in [2.75, 3.05) is 41.4 Å². The molecule has 0 spiro atoms. The summed E-state index contributed by atoms with van der Waals surface area (Å²) in [4.78, 5) is 16.5. The van der Waals surface area contributed by atoms with Crippen molar-refractivity contribution in [3.63, 3.8) is 0 Å². The molecule has 5 nitrogen and oxygen atoms in total. The molecule has 0 aromatic heterocycles. The topological polar surface area (TPSA) is 42.0 Å². The van der Waals surface area contributed by atoms with E-state index in [1.807, 2.05) is 18.0 Å². The van der Waals surface area contributed by atoms with Gasteiger partial charge in [-0.25, -0.2) is 0 Å². The molecule has 0 atom stereocenters. The second kappa shape index (κ2) is 8.40. The highest BCUT2D eigenvalue weighted by molar-refractivity contribution is 6.33. The molecular weight excluding hydrogens is 328 g/mol. The largest absolute Gasteiger partial charge is 0.493 e. The quantitative estimate of drug-likeness (QED) is 0.764. The number of hydrogen-bond acceptors (Lipinski definition) is 4. The van der Waals surface area contributed by atoms with Gasteiger partial charge < -0.3 is 19.3 Å². The monoisotopic (exact) mass is 352 g/mol. The second-order valence-corrected chi connectivity index (χ2v) is 6.40. The average Bonchev–Trinajstić information content (AvgIpc) is 2.60. The number of methoxy groups -OCH3 is 2. The number of carbonyl (C=O) groups excluding carboxylic acids is 1. The number of rotatable bonds is 5. The maximum atomic E-state index is 12.4. The van der Waals surface area contributed by atoms with Gasteiger partial charge in [0.1, 0.15) is 0 Å². The van der Waals surface area contributed by atoms with Gasteiger partial charge in [0, 0.05) is 19.2 Å². The van der Waals surface area contributed by atoms with Crippen molar-refractivity contribution in [3.8, 4) is 11.5 Å². The number of nitrogens with zero attached hydrogens (tertiary/aromatic N) is 2. The predicted octanol–water partition coefficient (Wildman–Crippen LogP) is 2.92. The number of halogens is 1. The van der Waals surface area contributed by atoms with E-state index in [-0.39, 0.29) is 5.91 Å². The number of ether oxygens (including phenoxy) is 2. The summed E-state index contributed by atoms with van der Waals surface area (Å²) >= 11 is 6.33. The van der Waals surface area contributed by atoms with Gasteiger partial charge in [0.05, 0.1) is 19.2 Å². The van der Waals surface area contributed by atoms with E-state index in [2.05, 4.69) is 11.9 Å². The molecule has 24 heavy (non-hydrogen) atoms. The molecule has 0 radical (unpaired) electrons. The van der Waals surface area contributed by atoms with Crippen molar-refractivity contribution in [2.45, 2.75) is 18.9 Å². The standard InChI is InChI=1S/C18H25ClN2O3/c1-20-11-9-14(10-12-20)21(2)16(22)8-6-13-5-7-15(23-3)18(24-4)17(13)19/h5-8,14H,9-12H2,1-4H3. The summed E-state index contributed by atoms with van der Waals surface area (Å²) in [5.41, 5.74) is 0.722. The van der Waals surface area contributed by atoms with Crippen LogP contribution in [0.4, 0.5) is 0 Å². The van der Waals surface area contributed by atoms with Gasteiger partial charge in [-0.2, -0.15) is 0 Å². The third-order valence-corrected chi connectivity index (χ3v) is 4.89. The Hall–Kier alpha value is -1.72. The Morgan fingerprint density at radius 3 is 2.54 bits per heavy atom. The molecular formula is C18H25ClN2O3. The van der Waals surface area contributed by atoms with Crippen LogP contribution in [0, 0.1) is 0 Å². The van der Waals surface area contributed by atoms with Crippen molar-refractivity contribution < 1.29 is 14.3 Å². The van der Waals surface area contributed by atoms with Crippen molar-refractivity contribution >= 4 is 23.6 Å². The fourth-order valence-corrected chi connectivity index (χ4v) is 3.17. The fourth-order valence-electron chi connectivity index (χ4n) is 2.87. The highest BCUT2D eigenvalue weighted by Crippen LogP contribution is 2.37. The Labute approximate surface area is 148 Å². The highest BCUT2D eigenvalue weighted by Gasteiger charge is 2.22. The van der Waals surface area contributed by atoms with Gasteiger partial charge in [0.2, 0.25) is 5.91 Å². The minimum Gasteiger partial charge on any atom is -0.493 e. The van der Waals surface area contributed by atoms with E-state index in [1.54, 1.807) is 25.3 Å². The van der Waals surface area contributed by atoms with Crippen LogP contribution in [-0.4, -0.2) is 63.2 Å². The van der Waals surface area contributed by atoms with Crippen LogP contribution < -0.4 is 9.47 Å². The molecule has 1 aliphatic rings. The number of hydrogen-bond donors (Lipinski definition) is 0. The Morgan fingerprint density at radius 2 is 1.96 bits per heavy atom. The zero-order chi connectivity index (χ0) is 17.7. The Kier molecular flexibility index (Phi) is 6.52. The third-order valence-electron chi connectivity index (χ3n) is 4.50. The fraction of sp³-hybridized carbons (Fsp3) is 0.500. The van der Waals surface area contributed by atoms with Gasteiger partial charge in [-0.3, -0.25) is 4.79 Å². The Bertz CT molecular complexity index is 611. The number of amides is 1. The van der Waals surface area contributed by atoms with Gasteiger partial charge in [-0.15, -0.1) is 0 Å². The summed E-state index contributed by atoms with van der Waals surface area (Å²) in [6.45, 7) is 2.04. The van der Waals surface area contributed by atoms with Crippen LogP contribution in [0.2, 0.25) is 5.02 Å². The van der Waals surface area contributed by atoms with Crippen LogP contribution in [0.25, 0.3) is 6.08 Å². The number of likely N-dealkylation sites (tertiary alicyclic amines) is 1. The van der Waals surface area contributed by atoms with Crippen LogP contribution in [0.3, 0.4) is 0 Å². The summed E-state index contributed by atoms with van der Waals surface area (Å²) in [6, 6.07) is 3.87. The number of likely N-dealkylation sites (N-methyl/N-ethyl adjacent to an activating group) is 1. The van der Waals surface area contributed by atoms with Crippen molar-refractivity contribution in [3.05, 3.63) is 28.8 Å². The van der Waals surface area contributed by atoms with Crippen LogP contribution in [-0.2, 0) is 4.79 Å². The van der Waals surface area contributed by atoms with E-state index >= 15 is 0 Å². The molecule has 132 valence electrons. The minimum atomic E-state index is -0.0181. The molecule has 0 unspecified atom stereocenters. The zero-order valence-electron chi connectivity index (χ0n) is 14.7. The maximum absolute atomic E-state index is 12.4. The lowest BCUT2D eigenvalue weighted by Gasteiger charge is -2.34. The first-order chi connectivity index (χ1) is 11.5. The van der Waals surface area contributed by atoms with Gasteiger partial charge in [-0.05, 0) is 56.8 Å². The molecule has 6 heteroatoms. The van der Waals surface area contributed by atoms with E-state index in [4.69, 9.17) is 21.1 Å². The first-order valence-electron chi connectivity index (χ1n) is 8.01. The number of piperidine rings is 1. The average molecular weight is 353 g/mol. The molecule has 0 aliphatic carbocycles. The molecule has 0 bridgehead atoms. The smallest absolute Gasteiger partial charge is 0.246 e. The molecule has 2 rings (SSSR count). The summed E-state index contributed by atoms with van der Waals surface area (Å²) in [7, 11) is 7.07. The predicted molar refractivity (Wildman–Crippen MR) is 96.9 cm³/mol. The van der Waals surface area contributed by atoms with Crippen LogP contribution in [0.15, 0.2) is 18.2 Å². The molecule has 1 fully saturated rings. The number of carbonyl (C=O) groups is 1. The van der Waals surface area contributed by atoms with E-state index in [9.17, 15) is 4.79 Å².